The highest BCUT2D eigenvalue weighted by atomic mass is 32.1. The molecule has 0 spiro atoms. The van der Waals surface area contributed by atoms with E-state index in [4.69, 9.17) is 4.74 Å². The van der Waals surface area contributed by atoms with Gasteiger partial charge in [0, 0.05) is 18.0 Å². The number of esters is 1. The Morgan fingerprint density at radius 2 is 2.14 bits per heavy atom. The number of alkyl halides is 3. The minimum Gasteiger partial charge on any atom is -0.462 e. The molecule has 0 fully saturated rings. The number of carbonyl (C=O) groups excluding carboxylic acids is 1. The van der Waals surface area contributed by atoms with Gasteiger partial charge >= 0.3 is 12.1 Å². The van der Waals surface area contributed by atoms with Crippen LogP contribution in [0, 0.1) is 6.92 Å². The molecule has 2 aromatic rings. The first-order valence-electron chi connectivity index (χ1n) is 6.00. The molecule has 0 amide bonds. The molecule has 0 aliphatic carbocycles. The molecule has 8 heteroatoms. The smallest absolute Gasteiger partial charge is 0.417 e. The second kappa shape index (κ2) is 5.80. The van der Waals surface area contributed by atoms with E-state index in [2.05, 4.69) is 9.97 Å². The molecule has 0 N–H and O–H groups in total. The van der Waals surface area contributed by atoms with Gasteiger partial charge < -0.3 is 4.74 Å². The quantitative estimate of drug-likeness (QED) is 0.810. The van der Waals surface area contributed by atoms with E-state index in [-0.39, 0.29) is 22.1 Å². The Labute approximate surface area is 122 Å². The molecule has 0 aliphatic heterocycles. The third-order valence-electron chi connectivity index (χ3n) is 2.61. The van der Waals surface area contributed by atoms with Crippen LogP contribution in [0.4, 0.5) is 13.2 Å². The van der Waals surface area contributed by atoms with Crippen molar-refractivity contribution in [2.45, 2.75) is 20.0 Å². The van der Waals surface area contributed by atoms with E-state index in [1.165, 1.54) is 0 Å². The van der Waals surface area contributed by atoms with Crippen molar-refractivity contribution < 1.29 is 22.7 Å². The molecule has 0 atom stereocenters. The van der Waals surface area contributed by atoms with Gasteiger partial charge in [0.25, 0.3) is 0 Å². The van der Waals surface area contributed by atoms with Crippen molar-refractivity contribution in [2.24, 2.45) is 0 Å². The Bertz CT molecular complexity index is 668. The average Bonchev–Trinajstić information content (AvgIpc) is 2.80. The predicted octanol–water partition coefficient (Wildman–Crippen LogP) is 3.71. The largest absolute Gasteiger partial charge is 0.462 e. The van der Waals surface area contributed by atoms with Crippen LogP contribution in [0.3, 0.4) is 0 Å². The third-order valence-corrected chi connectivity index (χ3v) is 3.79. The van der Waals surface area contributed by atoms with Gasteiger partial charge in [0.2, 0.25) is 0 Å². The summed E-state index contributed by atoms with van der Waals surface area (Å²) in [6, 6.07) is 0.885. The number of hydrogen-bond donors (Lipinski definition) is 0. The van der Waals surface area contributed by atoms with Gasteiger partial charge in [-0.3, -0.25) is 4.98 Å². The number of aromatic nitrogens is 2. The van der Waals surface area contributed by atoms with E-state index in [0.29, 0.717) is 5.69 Å². The lowest BCUT2D eigenvalue weighted by atomic mass is 10.1. The Kier molecular flexibility index (Phi) is 4.26. The number of aryl methyl sites for hydroxylation is 1. The summed E-state index contributed by atoms with van der Waals surface area (Å²) in [5.41, 5.74) is -0.638. The Morgan fingerprint density at radius 3 is 2.76 bits per heavy atom. The number of halogens is 3. The molecule has 4 nitrogen and oxygen atoms in total. The van der Waals surface area contributed by atoms with Crippen LogP contribution in [0.25, 0.3) is 10.6 Å². The fraction of sp³-hybridized carbons (Fsp3) is 0.308. The van der Waals surface area contributed by atoms with Crippen molar-refractivity contribution in [3.05, 3.63) is 34.6 Å². The van der Waals surface area contributed by atoms with E-state index in [1.54, 1.807) is 13.8 Å². The molecule has 0 saturated heterocycles. The number of nitrogens with zero attached hydrogens (tertiary/aromatic N) is 2. The zero-order valence-corrected chi connectivity index (χ0v) is 12.0. The van der Waals surface area contributed by atoms with Gasteiger partial charge in [-0.1, -0.05) is 0 Å². The fourth-order valence-electron chi connectivity index (χ4n) is 1.71. The summed E-state index contributed by atoms with van der Waals surface area (Å²) in [4.78, 5) is 19.6. The minimum absolute atomic E-state index is 0.0935. The minimum atomic E-state index is -4.51. The molecular weight excluding hydrogens is 305 g/mol. The predicted molar refractivity (Wildman–Crippen MR) is 71.0 cm³/mol. The number of ether oxygens (including phenoxy) is 1. The van der Waals surface area contributed by atoms with Gasteiger partial charge in [-0.05, 0) is 19.9 Å². The highest BCUT2D eigenvalue weighted by Gasteiger charge is 2.34. The molecule has 0 radical (unpaired) electrons. The van der Waals surface area contributed by atoms with Crippen LogP contribution in [0.15, 0.2) is 18.5 Å². The summed E-state index contributed by atoms with van der Waals surface area (Å²) >= 11 is 0.865. The van der Waals surface area contributed by atoms with Gasteiger partial charge in [-0.25, -0.2) is 9.78 Å². The summed E-state index contributed by atoms with van der Waals surface area (Å²) in [7, 11) is 0. The van der Waals surface area contributed by atoms with Gasteiger partial charge in [-0.2, -0.15) is 13.2 Å². The molecule has 2 heterocycles. The maximum absolute atomic E-state index is 13.0. The Balaban J connectivity index is 2.50. The van der Waals surface area contributed by atoms with Crippen molar-refractivity contribution in [3.63, 3.8) is 0 Å². The van der Waals surface area contributed by atoms with Crippen LogP contribution in [0.2, 0.25) is 0 Å². The summed E-state index contributed by atoms with van der Waals surface area (Å²) < 4.78 is 43.8. The molecule has 2 aromatic heterocycles. The monoisotopic (exact) mass is 316 g/mol. The van der Waals surface area contributed by atoms with Gasteiger partial charge in [0.05, 0.1) is 17.9 Å². The second-order valence-electron chi connectivity index (χ2n) is 4.07. The van der Waals surface area contributed by atoms with Crippen LogP contribution in [0.1, 0.15) is 27.9 Å². The normalized spacial score (nSPS) is 11.5. The van der Waals surface area contributed by atoms with E-state index < -0.39 is 17.7 Å². The Morgan fingerprint density at radius 1 is 1.43 bits per heavy atom. The van der Waals surface area contributed by atoms with Gasteiger partial charge in [-0.15, -0.1) is 11.3 Å². The van der Waals surface area contributed by atoms with Crippen molar-refractivity contribution in [1.82, 2.24) is 9.97 Å². The molecule has 21 heavy (non-hydrogen) atoms. The summed E-state index contributed by atoms with van der Waals surface area (Å²) in [6.07, 6.45) is -2.35. The van der Waals surface area contributed by atoms with Crippen LogP contribution >= 0.6 is 11.3 Å². The van der Waals surface area contributed by atoms with E-state index >= 15 is 0 Å². The highest BCUT2D eigenvalue weighted by molar-refractivity contribution is 7.17. The number of rotatable bonds is 3. The SMILES string of the molecule is CCOC(=O)c1sc(-c2cnccc2C(F)(F)F)nc1C. The van der Waals surface area contributed by atoms with Crippen LogP contribution in [0.5, 0.6) is 0 Å². The third kappa shape index (κ3) is 3.21. The number of pyridine rings is 1. The molecule has 0 saturated carbocycles. The summed E-state index contributed by atoms with van der Waals surface area (Å²) in [5, 5.41) is 0.0935. The van der Waals surface area contributed by atoms with Crippen LogP contribution in [-0.2, 0) is 10.9 Å². The second-order valence-corrected chi connectivity index (χ2v) is 5.07. The van der Waals surface area contributed by atoms with Crippen molar-refractivity contribution in [3.8, 4) is 10.6 Å². The van der Waals surface area contributed by atoms with E-state index in [1.807, 2.05) is 0 Å². The lowest BCUT2D eigenvalue weighted by molar-refractivity contribution is -0.137. The first kappa shape index (κ1) is 15.4. The van der Waals surface area contributed by atoms with Crippen molar-refractivity contribution >= 4 is 17.3 Å². The standard InChI is InChI=1S/C13H11F3N2O2S/c1-3-20-12(19)10-7(2)18-11(21-10)8-6-17-5-4-9(8)13(14,15)16/h4-6H,3H2,1-2H3. The van der Waals surface area contributed by atoms with E-state index in [9.17, 15) is 18.0 Å². The number of hydrogen-bond acceptors (Lipinski definition) is 5. The molecule has 0 aromatic carbocycles. The number of thiazole rings is 1. The van der Waals surface area contributed by atoms with Crippen molar-refractivity contribution in [2.75, 3.05) is 6.61 Å². The fourth-order valence-corrected chi connectivity index (χ4v) is 2.69. The maximum Gasteiger partial charge on any atom is 0.417 e. The van der Waals surface area contributed by atoms with Gasteiger partial charge in [0.1, 0.15) is 9.88 Å². The lowest BCUT2D eigenvalue weighted by Crippen LogP contribution is -2.07. The van der Waals surface area contributed by atoms with Crippen LogP contribution < -0.4 is 0 Å². The number of carbonyl (C=O) groups is 1. The van der Waals surface area contributed by atoms with E-state index in [0.717, 1.165) is 29.8 Å². The average molecular weight is 316 g/mol. The first-order chi connectivity index (χ1) is 9.84. The summed E-state index contributed by atoms with van der Waals surface area (Å²) in [6.45, 7) is 3.39. The molecule has 0 aliphatic rings. The molecular formula is C13H11F3N2O2S. The zero-order chi connectivity index (χ0) is 15.6. The van der Waals surface area contributed by atoms with Gasteiger partial charge in [0.15, 0.2) is 0 Å². The zero-order valence-electron chi connectivity index (χ0n) is 11.2. The molecule has 0 bridgehead atoms. The topological polar surface area (TPSA) is 52.1 Å². The van der Waals surface area contributed by atoms with Crippen LogP contribution in [-0.4, -0.2) is 22.5 Å². The molecule has 112 valence electrons. The molecule has 2 rings (SSSR count). The summed E-state index contributed by atoms with van der Waals surface area (Å²) in [5.74, 6) is -0.587. The first-order valence-corrected chi connectivity index (χ1v) is 6.82. The lowest BCUT2D eigenvalue weighted by Gasteiger charge is -2.09. The maximum atomic E-state index is 13.0. The van der Waals surface area contributed by atoms with Crippen molar-refractivity contribution in [1.29, 1.82) is 0 Å². The Hall–Kier alpha value is -1.96. The highest BCUT2D eigenvalue weighted by Crippen LogP contribution is 2.38. The molecule has 0 unspecified atom stereocenters.